The smallest absolute Gasteiger partial charge is 0.244 e. The lowest BCUT2D eigenvalue weighted by Gasteiger charge is -2.36. The number of nitrogens with zero attached hydrogens (tertiary/aromatic N) is 4. The van der Waals surface area contributed by atoms with E-state index in [9.17, 15) is 4.79 Å². The molecule has 3 rings (SSSR count). The van der Waals surface area contributed by atoms with Crippen LogP contribution in [0.15, 0.2) is 35.3 Å². The summed E-state index contributed by atoms with van der Waals surface area (Å²) >= 11 is 0. The minimum Gasteiger partial charge on any atom is -0.381 e. The van der Waals surface area contributed by atoms with Gasteiger partial charge in [0.15, 0.2) is 5.96 Å². The number of ether oxygens (including phenoxy) is 1. The average molecular weight is 515 g/mol. The number of para-hydroxylation sites is 1. The van der Waals surface area contributed by atoms with Gasteiger partial charge in [0.25, 0.3) is 0 Å². The molecule has 1 aromatic rings. The Balaban J connectivity index is 0.00000300. The van der Waals surface area contributed by atoms with Crippen molar-refractivity contribution in [1.29, 1.82) is 0 Å². The number of carbonyl (C=O) groups is 1. The molecule has 1 unspecified atom stereocenters. The van der Waals surface area contributed by atoms with Crippen molar-refractivity contribution in [2.24, 2.45) is 10.9 Å². The third-order valence-electron chi connectivity index (χ3n) is 5.37. The number of carbonyl (C=O) groups excluding carboxylic acids is 1. The van der Waals surface area contributed by atoms with Crippen LogP contribution >= 0.6 is 24.0 Å². The number of hydrogen-bond donors (Lipinski definition) is 1. The fourth-order valence-electron chi connectivity index (χ4n) is 3.77. The van der Waals surface area contributed by atoms with E-state index in [4.69, 9.17) is 4.74 Å². The normalized spacial score (nSPS) is 19.7. The zero-order valence-electron chi connectivity index (χ0n) is 17.5. The molecule has 1 amide bonds. The van der Waals surface area contributed by atoms with Gasteiger partial charge < -0.3 is 24.8 Å². The molecule has 0 radical (unpaired) electrons. The maximum Gasteiger partial charge on any atom is 0.244 e. The van der Waals surface area contributed by atoms with Crippen LogP contribution in [0.4, 0.5) is 5.69 Å². The van der Waals surface area contributed by atoms with Crippen LogP contribution in [0.3, 0.4) is 0 Å². The first-order valence-electron chi connectivity index (χ1n) is 10.3. The standard InChI is InChI=1S/C21H33N5O2.HI/c1-3-22-21(24(2)16-18-9-14-28-17-18)23-15-20(27)26-12-10-25(11-13-26)19-7-5-4-6-8-19;/h4-8,18H,3,9-17H2,1-2H3,(H,22,23);1H. The minimum absolute atomic E-state index is 0. The molecule has 1 N–H and O–H groups in total. The van der Waals surface area contributed by atoms with Crippen LogP contribution in [0, 0.1) is 5.92 Å². The van der Waals surface area contributed by atoms with Gasteiger partial charge in [0.05, 0.1) is 6.61 Å². The number of rotatable bonds is 6. The fourth-order valence-corrected chi connectivity index (χ4v) is 3.77. The number of hydrogen-bond acceptors (Lipinski definition) is 4. The Morgan fingerprint density at radius 1 is 1.24 bits per heavy atom. The van der Waals surface area contributed by atoms with Gasteiger partial charge in [-0.05, 0) is 25.5 Å². The number of piperazine rings is 1. The van der Waals surface area contributed by atoms with Crippen LogP contribution in [0.25, 0.3) is 0 Å². The second-order valence-electron chi connectivity index (χ2n) is 7.48. The van der Waals surface area contributed by atoms with Crippen LogP contribution in [-0.2, 0) is 9.53 Å². The summed E-state index contributed by atoms with van der Waals surface area (Å²) in [6.45, 7) is 8.80. The number of nitrogens with one attached hydrogen (secondary N) is 1. The molecule has 29 heavy (non-hydrogen) atoms. The monoisotopic (exact) mass is 515 g/mol. The van der Waals surface area contributed by atoms with E-state index < -0.39 is 0 Å². The highest BCUT2D eigenvalue weighted by Crippen LogP contribution is 2.16. The highest BCUT2D eigenvalue weighted by Gasteiger charge is 2.22. The predicted molar refractivity (Wildman–Crippen MR) is 128 cm³/mol. The van der Waals surface area contributed by atoms with E-state index >= 15 is 0 Å². The first kappa shape index (κ1) is 23.7. The molecule has 2 heterocycles. The lowest BCUT2D eigenvalue weighted by atomic mass is 10.1. The first-order chi connectivity index (χ1) is 13.7. The molecule has 0 bridgehead atoms. The van der Waals surface area contributed by atoms with Gasteiger partial charge in [-0.1, -0.05) is 18.2 Å². The molecule has 2 fully saturated rings. The van der Waals surface area contributed by atoms with Crippen molar-refractivity contribution < 1.29 is 9.53 Å². The summed E-state index contributed by atoms with van der Waals surface area (Å²) < 4.78 is 5.46. The van der Waals surface area contributed by atoms with Crippen molar-refractivity contribution in [2.45, 2.75) is 13.3 Å². The van der Waals surface area contributed by atoms with Crippen molar-refractivity contribution >= 4 is 41.5 Å². The number of guanidine groups is 1. The molecule has 2 saturated heterocycles. The predicted octanol–water partition coefficient (Wildman–Crippen LogP) is 1.89. The summed E-state index contributed by atoms with van der Waals surface area (Å²) in [6.07, 6.45) is 1.09. The molecule has 0 aliphatic carbocycles. The van der Waals surface area contributed by atoms with E-state index in [1.54, 1.807) is 0 Å². The molecule has 0 spiro atoms. The summed E-state index contributed by atoms with van der Waals surface area (Å²) in [5.41, 5.74) is 1.22. The molecule has 0 saturated carbocycles. The lowest BCUT2D eigenvalue weighted by molar-refractivity contribution is -0.129. The molecule has 8 heteroatoms. The third-order valence-corrected chi connectivity index (χ3v) is 5.37. The summed E-state index contributed by atoms with van der Waals surface area (Å²) in [7, 11) is 2.03. The Kier molecular flexibility index (Phi) is 9.99. The van der Waals surface area contributed by atoms with Gasteiger partial charge in [0, 0.05) is 64.5 Å². The summed E-state index contributed by atoms with van der Waals surface area (Å²) in [4.78, 5) is 23.6. The molecule has 162 valence electrons. The van der Waals surface area contributed by atoms with Gasteiger partial charge in [-0.2, -0.15) is 0 Å². The molecule has 2 aliphatic rings. The average Bonchev–Trinajstić information content (AvgIpc) is 3.24. The van der Waals surface area contributed by atoms with Crippen molar-refractivity contribution in [2.75, 3.05) is 71.0 Å². The Morgan fingerprint density at radius 2 is 1.97 bits per heavy atom. The molecular formula is C21H34IN5O2. The molecule has 2 aliphatic heterocycles. The third kappa shape index (κ3) is 7.02. The van der Waals surface area contributed by atoms with E-state index in [1.807, 2.05) is 24.9 Å². The summed E-state index contributed by atoms with van der Waals surface area (Å²) in [5.74, 6) is 1.43. The Hall–Kier alpha value is -1.55. The second-order valence-corrected chi connectivity index (χ2v) is 7.48. The van der Waals surface area contributed by atoms with Crippen molar-refractivity contribution in [1.82, 2.24) is 15.1 Å². The van der Waals surface area contributed by atoms with Crippen LogP contribution in [0.5, 0.6) is 0 Å². The van der Waals surface area contributed by atoms with Crippen LogP contribution in [0.1, 0.15) is 13.3 Å². The zero-order chi connectivity index (χ0) is 19.8. The van der Waals surface area contributed by atoms with Gasteiger partial charge in [-0.15, -0.1) is 24.0 Å². The maximum absolute atomic E-state index is 12.7. The first-order valence-corrected chi connectivity index (χ1v) is 10.3. The SMILES string of the molecule is CCNC(=NCC(=O)N1CCN(c2ccccc2)CC1)N(C)CC1CCOC1.I. The van der Waals surface area contributed by atoms with Crippen molar-refractivity contribution in [3.63, 3.8) is 0 Å². The Bertz CT molecular complexity index is 644. The van der Waals surface area contributed by atoms with Crippen molar-refractivity contribution in [3.8, 4) is 0 Å². The zero-order valence-corrected chi connectivity index (χ0v) is 19.9. The van der Waals surface area contributed by atoms with Gasteiger partial charge in [0.2, 0.25) is 5.91 Å². The lowest BCUT2D eigenvalue weighted by Crippen LogP contribution is -2.49. The molecule has 7 nitrogen and oxygen atoms in total. The van der Waals surface area contributed by atoms with E-state index in [2.05, 4.69) is 44.4 Å². The van der Waals surface area contributed by atoms with Crippen LogP contribution in [0.2, 0.25) is 0 Å². The molecule has 1 atom stereocenters. The minimum atomic E-state index is 0. The van der Waals surface area contributed by atoms with Crippen LogP contribution < -0.4 is 10.2 Å². The van der Waals surface area contributed by atoms with E-state index in [0.29, 0.717) is 5.92 Å². The summed E-state index contributed by atoms with van der Waals surface area (Å²) in [6, 6.07) is 10.4. The van der Waals surface area contributed by atoms with Gasteiger partial charge in [0.1, 0.15) is 6.54 Å². The van der Waals surface area contributed by atoms with Gasteiger partial charge in [-0.25, -0.2) is 4.99 Å². The quantitative estimate of drug-likeness (QED) is 0.357. The highest BCUT2D eigenvalue weighted by molar-refractivity contribution is 14.0. The second kappa shape index (κ2) is 12.2. The molecule has 0 aromatic heterocycles. The van der Waals surface area contributed by atoms with Crippen molar-refractivity contribution in [3.05, 3.63) is 30.3 Å². The topological polar surface area (TPSA) is 60.4 Å². The molecule has 1 aromatic carbocycles. The largest absolute Gasteiger partial charge is 0.381 e. The van der Waals surface area contributed by atoms with Gasteiger partial charge >= 0.3 is 0 Å². The van der Waals surface area contributed by atoms with E-state index in [0.717, 1.165) is 64.9 Å². The number of anilines is 1. The highest BCUT2D eigenvalue weighted by atomic mass is 127. The number of aliphatic imine (C=N–C) groups is 1. The van der Waals surface area contributed by atoms with E-state index in [1.165, 1.54) is 5.69 Å². The number of amides is 1. The Morgan fingerprint density at radius 3 is 2.59 bits per heavy atom. The molecular weight excluding hydrogens is 481 g/mol. The number of benzene rings is 1. The summed E-state index contributed by atoms with van der Waals surface area (Å²) in [5, 5.41) is 3.30. The fraction of sp³-hybridized carbons (Fsp3) is 0.619. The maximum atomic E-state index is 12.7. The van der Waals surface area contributed by atoms with Crippen LogP contribution in [-0.4, -0.2) is 87.7 Å². The number of halogens is 1. The van der Waals surface area contributed by atoms with E-state index in [-0.39, 0.29) is 36.4 Å². The Labute approximate surface area is 191 Å². The van der Waals surface area contributed by atoms with Gasteiger partial charge in [-0.3, -0.25) is 4.79 Å².